The maximum Gasteiger partial charge on any atom is 0.133 e. The third kappa shape index (κ3) is 1.38. The largest absolute Gasteiger partial charge is 0.496 e. The molecule has 1 aromatic heterocycles. The minimum atomic E-state index is 0.838. The zero-order chi connectivity index (χ0) is 10.1. The van der Waals surface area contributed by atoms with Gasteiger partial charge in [-0.3, -0.25) is 4.98 Å². The van der Waals surface area contributed by atoms with E-state index >= 15 is 0 Å². The van der Waals surface area contributed by atoms with Crippen LogP contribution in [-0.2, 0) is 0 Å². The number of aryl methyl sites for hydroxylation is 1. The van der Waals surface area contributed by atoms with Crippen LogP contribution in [0.3, 0.4) is 0 Å². The molecule has 0 aliphatic heterocycles. The van der Waals surface area contributed by atoms with Crippen molar-refractivity contribution in [2.45, 2.75) is 6.92 Å². The van der Waals surface area contributed by atoms with Gasteiger partial charge in [0.2, 0.25) is 0 Å². The molecule has 3 heteroatoms. The van der Waals surface area contributed by atoms with Gasteiger partial charge in [0.15, 0.2) is 0 Å². The minimum absolute atomic E-state index is 0.838. The van der Waals surface area contributed by atoms with E-state index in [0.717, 1.165) is 15.6 Å². The Bertz CT molecular complexity index is 482. The lowest BCUT2D eigenvalue weighted by Gasteiger charge is -2.07. The Labute approximate surface area is 91.0 Å². The minimum Gasteiger partial charge on any atom is -0.496 e. The summed E-state index contributed by atoms with van der Waals surface area (Å²) in [6.07, 6.45) is 3.70. The molecule has 2 nitrogen and oxygen atoms in total. The van der Waals surface area contributed by atoms with Gasteiger partial charge in [0.25, 0.3) is 0 Å². The number of ether oxygens (including phenoxy) is 1. The SMILES string of the molecule is COc1ccc2c(C)cncc2c1Br. The van der Waals surface area contributed by atoms with Gasteiger partial charge >= 0.3 is 0 Å². The first-order valence-electron chi connectivity index (χ1n) is 4.31. The second-order valence-corrected chi connectivity index (χ2v) is 3.93. The molecule has 2 aromatic rings. The molecule has 0 bridgehead atoms. The Morgan fingerprint density at radius 2 is 2.00 bits per heavy atom. The maximum absolute atomic E-state index is 5.22. The van der Waals surface area contributed by atoms with E-state index in [9.17, 15) is 0 Å². The second kappa shape index (κ2) is 3.58. The van der Waals surface area contributed by atoms with Crippen LogP contribution < -0.4 is 4.74 Å². The fraction of sp³-hybridized carbons (Fsp3) is 0.182. The van der Waals surface area contributed by atoms with Gasteiger partial charge in [-0.05, 0) is 39.9 Å². The van der Waals surface area contributed by atoms with Crippen molar-refractivity contribution in [3.63, 3.8) is 0 Å². The van der Waals surface area contributed by atoms with Crippen molar-refractivity contribution in [1.29, 1.82) is 0 Å². The first-order valence-corrected chi connectivity index (χ1v) is 5.10. The molecule has 1 heterocycles. The van der Waals surface area contributed by atoms with E-state index in [1.165, 1.54) is 10.9 Å². The number of fused-ring (bicyclic) bond motifs is 1. The molecule has 2 rings (SSSR count). The van der Waals surface area contributed by atoms with E-state index in [0.29, 0.717) is 0 Å². The third-order valence-electron chi connectivity index (χ3n) is 2.26. The Balaban J connectivity index is 2.84. The molecule has 0 aliphatic carbocycles. The third-order valence-corrected chi connectivity index (χ3v) is 3.08. The number of aromatic nitrogens is 1. The number of pyridine rings is 1. The molecular formula is C11H10BrNO. The molecule has 1 aromatic carbocycles. The van der Waals surface area contributed by atoms with E-state index < -0.39 is 0 Å². The first kappa shape index (κ1) is 9.46. The monoisotopic (exact) mass is 251 g/mol. The number of nitrogens with zero attached hydrogens (tertiary/aromatic N) is 1. The second-order valence-electron chi connectivity index (χ2n) is 3.13. The molecule has 0 N–H and O–H groups in total. The molecule has 0 saturated heterocycles. The Morgan fingerprint density at radius 1 is 1.21 bits per heavy atom. The number of methoxy groups -OCH3 is 1. The van der Waals surface area contributed by atoms with Crippen LogP contribution >= 0.6 is 15.9 Å². The van der Waals surface area contributed by atoms with Crippen LogP contribution in [-0.4, -0.2) is 12.1 Å². The van der Waals surface area contributed by atoms with Crippen molar-refractivity contribution in [2.24, 2.45) is 0 Å². The number of benzene rings is 1. The highest BCUT2D eigenvalue weighted by molar-refractivity contribution is 9.10. The smallest absolute Gasteiger partial charge is 0.133 e. The molecule has 0 saturated carbocycles. The van der Waals surface area contributed by atoms with E-state index in [4.69, 9.17) is 4.74 Å². The van der Waals surface area contributed by atoms with Gasteiger partial charge in [0, 0.05) is 17.8 Å². The summed E-state index contributed by atoms with van der Waals surface area (Å²) in [6.45, 7) is 2.05. The van der Waals surface area contributed by atoms with Crippen LogP contribution in [0.1, 0.15) is 5.56 Å². The summed E-state index contributed by atoms with van der Waals surface area (Å²) >= 11 is 3.51. The molecule has 72 valence electrons. The fourth-order valence-electron chi connectivity index (χ4n) is 1.49. The van der Waals surface area contributed by atoms with Crippen molar-refractivity contribution < 1.29 is 4.74 Å². The van der Waals surface area contributed by atoms with Crippen LogP contribution in [0.15, 0.2) is 29.0 Å². The summed E-state index contributed by atoms with van der Waals surface area (Å²) in [4.78, 5) is 4.16. The maximum atomic E-state index is 5.22. The van der Waals surface area contributed by atoms with E-state index in [-0.39, 0.29) is 0 Å². The molecule has 0 unspecified atom stereocenters. The van der Waals surface area contributed by atoms with E-state index in [1.54, 1.807) is 7.11 Å². The summed E-state index contributed by atoms with van der Waals surface area (Å²) in [5, 5.41) is 2.29. The number of hydrogen-bond donors (Lipinski definition) is 0. The number of halogens is 1. The zero-order valence-electron chi connectivity index (χ0n) is 8.04. The predicted octanol–water partition coefficient (Wildman–Crippen LogP) is 3.31. The molecule has 0 fully saturated rings. The van der Waals surface area contributed by atoms with Crippen LogP contribution in [0.4, 0.5) is 0 Å². The van der Waals surface area contributed by atoms with E-state index in [1.807, 2.05) is 25.4 Å². The van der Waals surface area contributed by atoms with Crippen molar-refractivity contribution in [1.82, 2.24) is 4.98 Å². The lowest BCUT2D eigenvalue weighted by Crippen LogP contribution is -1.87. The molecule has 0 amide bonds. The average molecular weight is 252 g/mol. The Kier molecular flexibility index (Phi) is 2.42. The van der Waals surface area contributed by atoms with Crippen LogP contribution in [0, 0.1) is 6.92 Å². The van der Waals surface area contributed by atoms with Gasteiger partial charge < -0.3 is 4.74 Å². The predicted molar refractivity (Wildman–Crippen MR) is 60.7 cm³/mol. The standard InChI is InChI=1S/C11H10BrNO/c1-7-5-13-6-9-8(7)3-4-10(14-2)11(9)12/h3-6H,1-2H3. The van der Waals surface area contributed by atoms with Crippen molar-refractivity contribution in [3.8, 4) is 5.75 Å². The number of hydrogen-bond acceptors (Lipinski definition) is 2. The molecule has 0 radical (unpaired) electrons. The lowest BCUT2D eigenvalue weighted by atomic mass is 10.1. The molecule has 0 spiro atoms. The van der Waals surface area contributed by atoms with Crippen LogP contribution in [0.5, 0.6) is 5.75 Å². The van der Waals surface area contributed by atoms with Crippen molar-refractivity contribution in [2.75, 3.05) is 7.11 Å². The van der Waals surface area contributed by atoms with Gasteiger partial charge in [-0.2, -0.15) is 0 Å². The quantitative estimate of drug-likeness (QED) is 0.776. The average Bonchev–Trinajstić information content (AvgIpc) is 2.20. The first-order chi connectivity index (χ1) is 6.74. The van der Waals surface area contributed by atoms with Gasteiger partial charge in [0.05, 0.1) is 11.6 Å². The van der Waals surface area contributed by atoms with Crippen LogP contribution in [0.25, 0.3) is 10.8 Å². The summed E-state index contributed by atoms with van der Waals surface area (Å²) in [5.74, 6) is 0.838. The van der Waals surface area contributed by atoms with Crippen molar-refractivity contribution in [3.05, 3.63) is 34.6 Å². The van der Waals surface area contributed by atoms with Gasteiger partial charge in [-0.25, -0.2) is 0 Å². The molecule has 14 heavy (non-hydrogen) atoms. The normalized spacial score (nSPS) is 10.5. The summed E-state index contributed by atoms with van der Waals surface area (Å²) in [7, 11) is 1.66. The van der Waals surface area contributed by atoms with Gasteiger partial charge in [-0.1, -0.05) is 6.07 Å². The molecular weight excluding hydrogens is 242 g/mol. The lowest BCUT2D eigenvalue weighted by molar-refractivity contribution is 0.413. The molecule has 0 aliphatic rings. The summed E-state index contributed by atoms with van der Waals surface area (Å²) < 4.78 is 6.18. The van der Waals surface area contributed by atoms with Crippen LogP contribution in [0.2, 0.25) is 0 Å². The van der Waals surface area contributed by atoms with E-state index in [2.05, 4.69) is 27.0 Å². The van der Waals surface area contributed by atoms with Crippen molar-refractivity contribution >= 4 is 26.7 Å². The number of rotatable bonds is 1. The topological polar surface area (TPSA) is 22.1 Å². The fourth-order valence-corrected chi connectivity index (χ4v) is 2.10. The highest BCUT2D eigenvalue weighted by Crippen LogP contribution is 2.33. The summed E-state index contributed by atoms with van der Waals surface area (Å²) in [6, 6.07) is 4.01. The summed E-state index contributed by atoms with van der Waals surface area (Å²) in [5.41, 5.74) is 1.17. The highest BCUT2D eigenvalue weighted by atomic mass is 79.9. The highest BCUT2D eigenvalue weighted by Gasteiger charge is 2.06. The Hall–Kier alpha value is -1.09. The Morgan fingerprint density at radius 3 is 2.71 bits per heavy atom. The molecule has 0 atom stereocenters. The van der Waals surface area contributed by atoms with Gasteiger partial charge in [-0.15, -0.1) is 0 Å². The van der Waals surface area contributed by atoms with Gasteiger partial charge in [0.1, 0.15) is 5.75 Å². The zero-order valence-corrected chi connectivity index (χ0v) is 9.63.